The minimum Gasteiger partial charge on any atom is -0.336 e. The molecule has 0 spiro atoms. The van der Waals surface area contributed by atoms with Crippen LogP contribution in [0.1, 0.15) is 0 Å². The van der Waals surface area contributed by atoms with Crippen molar-refractivity contribution in [3.05, 3.63) is 33.7 Å². The highest BCUT2D eigenvalue weighted by molar-refractivity contribution is 7.00. The SMILES string of the molecule is Clc1cncc(Nc2c(Cl)cc(Cl)c3nsnc23)n1. The van der Waals surface area contributed by atoms with Gasteiger partial charge in [-0.3, -0.25) is 4.98 Å². The summed E-state index contributed by atoms with van der Waals surface area (Å²) in [5, 5.41) is 4.18. The number of hydrogen-bond donors (Lipinski definition) is 1. The van der Waals surface area contributed by atoms with Crippen LogP contribution in [0.25, 0.3) is 11.0 Å². The molecule has 0 bridgehead atoms. The van der Waals surface area contributed by atoms with E-state index in [-0.39, 0.29) is 5.15 Å². The van der Waals surface area contributed by atoms with Crippen LogP contribution in [0.15, 0.2) is 18.5 Å². The first-order chi connectivity index (χ1) is 9.15. The highest BCUT2D eigenvalue weighted by atomic mass is 35.5. The normalized spacial score (nSPS) is 10.9. The lowest BCUT2D eigenvalue weighted by atomic mass is 10.2. The number of rotatable bonds is 2. The topological polar surface area (TPSA) is 63.6 Å². The molecule has 0 aliphatic carbocycles. The highest BCUT2D eigenvalue weighted by Crippen LogP contribution is 2.36. The predicted molar refractivity (Wildman–Crippen MR) is 77.8 cm³/mol. The van der Waals surface area contributed by atoms with Gasteiger partial charge in [0.15, 0.2) is 5.82 Å². The van der Waals surface area contributed by atoms with Crippen molar-refractivity contribution in [1.29, 1.82) is 0 Å². The molecule has 0 radical (unpaired) electrons. The Labute approximate surface area is 126 Å². The van der Waals surface area contributed by atoms with Crippen LogP contribution in [0.5, 0.6) is 0 Å². The smallest absolute Gasteiger partial charge is 0.150 e. The summed E-state index contributed by atoms with van der Waals surface area (Å²) in [5.74, 6) is 0.464. The maximum absolute atomic E-state index is 6.16. The van der Waals surface area contributed by atoms with Crippen molar-refractivity contribution in [2.75, 3.05) is 5.32 Å². The van der Waals surface area contributed by atoms with Gasteiger partial charge in [-0.15, -0.1) is 0 Å². The maximum Gasteiger partial charge on any atom is 0.150 e. The monoisotopic (exact) mass is 331 g/mol. The first-order valence-electron chi connectivity index (χ1n) is 5.00. The molecule has 2 heterocycles. The quantitative estimate of drug-likeness (QED) is 0.762. The largest absolute Gasteiger partial charge is 0.336 e. The molecule has 0 saturated heterocycles. The van der Waals surface area contributed by atoms with Crippen LogP contribution < -0.4 is 5.32 Å². The van der Waals surface area contributed by atoms with Gasteiger partial charge >= 0.3 is 0 Å². The molecule has 96 valence electrons. The molecule has 0 aliphatic heterocycles. The minimum atomic E-state index is 0.280. The van der Waals surface area contributed by atoms with E-state index in [2.05, 4.69) is 24.0 Å². The van der Waals surface area contributed by atoms with Crippen molar-refractivity contribution in [3.63, 3.8) is 0 Å². The van der Waals surface area contributed by atoms with E-state index in [1.165, 1.54) is 12.4 Å². The van der Waals surface area contributed by atoms with Gasteiger partial charge < -0.3 is 5.32 Å². The second kappa shape index (κ2) is 5.05. The molecule has 0 fully saturated rings. The summed E-state index contributed by atoms with van der Waals surface area (Å²) in [6, 6.07) is 1.60. The highest BCUT2D eigenvalue weighted by Gasteiger charge is 2.14. The number of fused-ring (bicyclic) bond motifs is 1. The third-order valence-electron chi connectivity index (χ3n) is 2.30. The molecule has 0 amide bonds. The van der Waals surface area contributed by atoms with E-state index in [9.17, 15) is 0 Å². The van der Waals surface area contributed by atoms with Crippen molar-refractivity contribution >= 4 is 69.1 Å². The van der Waals surface area contributed by atoms with Crippen LogP contribution in [0.3, 0.4) is 0 Å². The molecule has 0 saturated carbocycles. The van der Waals surface area contributed by atoms with Crippen molar-refractivity contribution in [3.8, 4) is 0 Å². The summed E-state index contributed by atoms with van der Waals surface area (Å²) in [5.41, 5.74) is 1.75. The van der Waals surface area contributed by atoms with Crippen LogP contribution in [-0.2, 0) is 0 Å². The molecule has 1 N–H and O–H groups in total. The van der Waals surface area contributed by atoms with Gasteiger partial charge in [0.05, 0.1) is 39.9 Å². The number of hydrogen-bond acceptors (Lipinski definition) is 6. The molecule has 0 aliphatic rings. The van der Waals surface area contributed by atoms with Gasteiger partial charge in [0.1, 0.15) is 16.2 Å². The summed E-state index contributed by atoms with van der Waals surface area (Å²) in [4.78, 5) is 8.01. The molecular weight excluding hydrogens is 329 g/mol. The molecular formula is C10H4Cl3N5S. The van der Waals surface area contributed by atoms with Gasteiger partial charge in [-0.25, -0.2) is 4.98 Å². The lowest BCUT2D eigenvalue weighted by Gasteiger charge is -2.08. The van der Waals surface area contributed by atoms with E-state index >= 15 is 0 Å². The molecule has 5 nitrogen and oxygen atoms in total. The Hall–Kier alpha value is -1.21. The van der Waals surface area contributed by atoms with Crippen LogP contribution in [0.4, 0.5) is 11.5 Å². The molecule has 0 atom stereocenters. The number of nitrogens with one attached hydrogen (secondary N) is 1. The average Bonchev–Trinajstić information content (AvgIpc) is 2.84. The Morgan fingerprint density at radius 1 is 1.00 bits per heavy atom. The standard InChI is InChI=1S/C10H4Cl3N5S/c11-4-1-5(12)9-10(18-19-17-9)8(4)16-7-3-14-2-6(13)15-7/h1-3H,(H,15,16). The van der Waals surface area contributed by atoms with Crippen LogP contribution in [0.2, 0.25) is 15.2 Å². The second-order valence-corrected chi connectivity index (χ2v) is 5.26. The number of aromatic nitrogens is 4. The number of anilines is 2. The third kappa shape index (κ3) is 2.44. The Morgan fingerprint density at radius 3 is 2.58 bits per heavy atom. The summed E-state index contributed by atoms with van der Waals surface area (Å²) in [6.07, 6.45) is 2.97. The van der Waals surface area contributed by atoms with Gasteiger partial charge in [0.25, 0.3) is 0 Å². The summed E-state index contributed by atoms with van der Waals surface area (Å²) >= 11 is 19.0. The zero-order valence-corrected chi connectivity index (χ0v) is 12.1. The summed E-state index contributed by atoms with van der Waals surface area (Å²) < 4.78 is 8.29. The van der Waals surface area contributed by atoms with E-state index in [0.29, 0.717) is 32.6 Å². The van der Waals surface area contributed by atoms with Crippen molar-refractivity contribution < 1.29 is 0 Å². The average molecular weight is 333 g/mol. The summed E-state index contributed by atoms with van der Waals surface area (Å²) in [7, 11) is 0. The molecule has 19 heavy (non-hydrogen) atoms. The predicted octanol–water partition coefficient (Wildman–Crippen LogP) is 4.19. The number of halogens is 3. The molecule has 9 heteroatoms. The fraction of sp³-hybridized carbons (Fsp3) is 0. The minimum absolute atomic E-state index is 0.280. The lowest BCUT2D eigenvalue weighted by molar-refractivity contribution is 1.20. The van der Waals surface area contributed by atoms with E-state index in [1.54, 1.807) is 6.07 Å². The fourth-order valence-corrected chi connectivity index (χ4v) is 2.83. The van der Waals surface area contributed by atoms with Crippen LogP contribution in [0, 0.1) is 0 Å². The van der Waals surface area contributed by atoms with Gasteiger partial charge in [-0.05, 0) is 6.07 Å². The van der Waals surface area contributed by atoms with Gasteiger partial charge in [0.2, 0.25) is 0 Å². The molecule has 2 aromatic heterocycles. The zero-order valence-electron chi connectivity index (χ0n) is 9.06. The Bertz CT molecular complexity index is 760. The van der Waals surface area contributed by atoms with Gasteiger partial charge in [-0.2, -0.15) is 8.75 Å². The maximum atomic E-state index is 6.16. The first kappa shape index (κ1) is 12.8. The Kier molecular flexibility index (Phi) is 3.40. The van der Waals surface area contributed by atoms with Crippen LogP contribution >= 0.6 is 46.5 Å². The molecule has 0 unspecified atom stereocenters. The number of benzene rings is 1. The third-order valence-corrected chi connectivity index (χ3v) is 3.60. The van der Waals surface area contributed by atoms with Crippen LogP contribution in [-0.4, -0.2) is 18.7 Å². The van der Waals surface area contributed by atoms with E-state index in [0.717, 1.165) is 11.7 Å². The first-order valence-corrected chi connectivity index (χ1v) is 6.86. The van der Waals surface area contributed by atoms with Crippen molar-refractivity contribution in [2.45, 2.75) is 0 Å². The lowest BCUT2D eigenvalue weighted by Crippen LogP contribution is -1.96. The van der Waals surface area contributed by atoms with Gasteiger partial charge in [-0.1, -0.05) is 34.8 Å². The van der Waals surface area contributed by atoms with Crippen molar-refractivity contribution in [2.24, 2.45) is 0 Å². The number of nitrogens with zero attached hydrogens (tertiary/aromatic N) is 4. The van der Waals surface area contributed by atoms with Crippen molar-refractivity contribution in [1.82, 2.24) is 18.7 Å². The molecule has 3 rings (SSSR count). The summed E-state index contributed by atoms with van der Waals surface area (Å²) in [6.45, 7) is 0. The zero-order chi connectivity index (χ0) is 13.4. The Morgan fingerprint density at radius 2 is 1.79 bits per heavy atom. The van der Waals surface area contributed by atoms with E-state index < -0.39 is 0 Å². The Balaban J connectivity index is 2.12. The molecule has 1 aromatic carbocycles. The van der Waals surface area contributed by atoms with E-state index in [4.69, 9.17) is 34.8 Å². The molecule has 3 aromatic rings. The fourth-order valence-electron chi connectivity index (χ4n) is 1.52. The van der Waals surface area contributed by atoms with E-state index in [1.807, 2.05) is 0 Å². The van der Waals surface area contributed by atoms with Gasteiger partial charge in [0, 0.05) is 0 Å². The second-order valence-electron chi connectivity index (χ2n) is 3.53.